The first-order valence-electron chi connectivity index (χ1n) is 10.2. The number of halogens is 2. The second-order valence-electron chi connectivity index (χ2n) is 7.45. The van der Waals surface area contributed by atoms with Crippen LogP contribution in [-0.4, -0.2) is 53.6 Å². The number of nitrogens with zero attached hydrogens (tertiary/aromatic N) is 2. The highest BCUT2D eigenvalue weighted by Gasteiger charge is 2.28. The molecule has 1 aliphatic rings. The van der Waals surface area contributed by atoms with Crippen LogP contribution in [0.3, 0.4) is 0 Å². The van der Waals surface area contributed by atoms with Crippen LogP contribution in [0.1, 0.15) is 36.6 Å². The summed E-state index contributed by atoms with van der Waals surface area (Å²) in [7, 11) is 0. The van der Waals surface area contributed by atoms with Gasteiger partial charge in [0.05, 0.1) is 11.1 Å². The molecule has 3 aromatic rings. The molecule has 3 aromatic carbocycles. The molecule has 1 fully saturated rings. The summed E-state index contributed by atoms with van der Waals surface area (Å²) < 4.78 is 27.1. The average Bonchev–Trinajstić information content (AvgIpc) is 2.83. The zero-order valence-electron chi connectivity index (χ0n) is 17.1. The molecule has 1 saturated heterocycles. The molecule has 0 N–H and O–H groups in total. The summed E-state index contributed by atoms with van der Waals surface area (Å²) in [6.07, 6.45) is 0. The maximum absolute atomic E-state index is 13.9. The van der Waals surface area contributed by atoms with Gasteiger partial charge < -0.3 is 9.80 Å². The van der Waals surface area contributed by atoms with Gasteiger partial charge in [-0.05, 0) is 42.5 Å². The minimum absolute atomic E-state index is 0.00233. The van der Waals surface area contributed by atoms with Crippen molar-refractivity contribution in [3.63, 3.8) is 0 Å². The summed E-state index contributed by atoms with van der Waals surface area (Å²) in [6, 6.07) is 17.4. The number of hydrogen-bond acceptors (Lipinski definition) is 3. The summed E-state index contributed by atoms with van der Waals surface area (Å²) in [5, 5.41) is 0. The quantitative estimate of drug-likeness (QED) is 0.587. The van der Waals surface area contributed by atoms with Gasteiger partial charge in [-0.1, -0.05) is 30.3 Å². The molecule has 0 aromatic heterocycles. The molecule has 162 valence electrons. The molecule has 0 bridgehead atoms. The molecule has 5 nitrogen and oxygen atoms in total. The van der Waals surface area contributed by atoms with Gasteiger partial charge in [0.25, 0.3) is 11.8 Å². The first-order valence-corrected chi connectivity index (χ1v) is 10.2. The molecule has 0 radical (unpaired) electrons. The number of ketones is 1. The summed E-state index contributed by atoms with van der Waals surface area (Å²) in [5.41, 5.74) is 0.763. The van der Waals surface area contributed by atoms with E-state index in [1.54, 1.807) is 35.2 Å². The fourth-order valence-electron chi connectivity index (χ4n) is 3.71. The summed E-state index contributed by atoms with van der Waals surface area (Å²) in [6.45, 7) is 1.04. The zero-order chi connectivity index (χ0) is 22.7. The van der Waals surface area contributed by atoms with Crippen molar-refractivity contribution >= 4 is 17.6 Å². The van der Waals surface area contributed by atoms with Gasteiger partial charge in [-0.25, -0.2) is 8.78 Å². The first kappa shape index (κ1) is 21.4. The molecule has 0 aliphatic carbocycles. The topological polar surface area (TPSA) is 57.7 Å². The molecule has 32 heavy (non-hydrogen) atoms. The van der Waals surface area contributed by atoms with Crippen molar-refractivity contribution in [1.29, 1.82) is 0 Å². The van der Waals surface area contributed by atoms with E-state index in [2.05, 4.69) is 0 Å². The van der Waals surface area contributed by atoms with Gasteiger partial charge in [-0.3, -0.25) is 14.4 Å². The Balaban J connectivity index is 1.48. The maximum atomic E-state index is 13.9. The standard InChI is InChI=1S/C25H20F2N2O3/c26-18-11-9-17(10-12-18)23(30)19-5-1-2-6-20(19)24(31)28-13-15-29(16-14-28)25(32)21-7-3-4-8-22(21)27/h1-12H,13-16H2. The van der Waals surface area contributed by atoms with E-state index in [1.807, 2.05) is 0 Å². The molecule has 0 unspecified atom stereocenters. The third kappa shape index (κ3) is 4.27. The zero-order valence-corrected chi connectivity index (χ0v) is 17.1. The van der Waals surface area contributed by atoms with Gasteiger partial charge in [0.1, 0.15) is 11.6 Å². The summed E-state index contributed by atoms with van der Waals surface area (Å²) >= 11 is 0. The lowest BCUT2D eigenvalue weighted by Gasteiger charge is -2.35. The molecular weight excluding hydrogens is 414 g/mol. The Kier molecular flexibility index (Phi) is 6.07. The van der Waals surface area contributed by atoms with Crippen LogP contribution in [0.15, 0.2) is 72.8 Å². The highest BCUT2D eigenvalue weighted by Crippen LogP contribution is 2.19. The lowest BCUT2D eigenvalue weighted by Crippen LogP contribution is -2.50. The molecule has 0 saturated carbocycles. The monoisotopic (exact) mass is 434 g/mol. The van der Waals surface area contributed by atoms with Gasteiger partial charge in [0.15, 0.2) is 5.78 Å². The number of amides is 2. The van der Waals surface area contributed by atoms with Crippen LogP contribution in [0.2, 0.25) is 0 Å². The number of carbonyl (C=O) groups is 3. The average molecular weight is 434 g/mol. The first-order chi connectivity index (χ1) is 15.5. The number of rotatable bonds is 4. The Bertz CT molecular complexity index is 1170. The summed E-state index contributed by atoms with van der Waals surface area (Å²) in [5.74, 6) is -2.14. The highest BCUT2D eigenvalue weighted by molar-refractivity contribution is 6.15. The van der Waals surface area contributed by atoms with Crippen LogP contribution in [0, 0.1) is 11.6 Å². The fourth-order valence-corrected chi connectivity index (χ4v) is 3.71. The Morgan fingerprint density at radius 3 is 1.62 bits per heavy atom. The van der Waals surface area contributed by atoms with Crippen molar-refractivity contribution < 1.29 is 23.2 Å². The molecule has 7 heteroatoms. The second-order valence-corrected chi connectivity index (χ2v) is 7.45. The largest absolute Gasteiger partial charge is 0.335 e. The van der Waals surface area contributed by atoms with Crippen LogP contribution in [0.25, 0.3) is 0 Å². The van der Waals surface area contributed by atoms with E-state index in [9.17, 15) is 23.2 Å². The lowest BCUT2D eigenvalue weighted by molar-refractivity contribution is 0.0532. The third-order valence-electron chi connectivity index (χ3n) is 5.47. The minimum Gasteiger partial charge on any atom is -0.335 e. The Labute approximate surface area is 183 Å². The van der Waals surface area contributed by atoms with Gasteiger partial charge in [-0.15, -0.1) is 0 Å². The Hall–Kier alpha value is -3.87. The molecule has 1 aliphatic heterocycles. The summed E-state index contributed by atoms with van der Waals surface area (Å²) in [4.78, 5) is 41.8. The SMILES string of the molecule is O=C(c1ccc(F)cc1)c1ccccc1C(=O)N1CCN(C(=O)c2ccccc2F)CC1. The van der Waals surface area contributed by atoms with Crippen molar-refractivity contribution in [1.82, 2.24) is 9.80 Å². The number of piperazine rings is 1. The van der Waals surface area contributed by atoms with E-state index in [4.69, 9.17) is 0 Å². The fraction of sp³-hybridized carbons (Fsp3) is 0.160. The smallest absolute Gasteiger partial charge is 0.256 e. The van der Waals surface area contributed by atoms with Crippen LogP contribution in [0.5, 0.6) is 0 Å². The number of carbonyl (C=O) groups excluding carboxylic acids is 3. The molecule has 1 heterocycles. The number of hydrogen-bond donors (Lipinski definition) is 0. The van der Waals surface area contributed by atoms with E-state index in [0.717, 1.165) is 0 Å². The predicted octanol–water partition coefficient (Wildman–Crippen LogP) is 3.79. The molecular formula is C25H20F2N2O3. The Morgan fingerprint density at radius 1 is 0.594 bits per heavy atom. The lowest BCUT2D eigenvalue weighted by atomic mass is 9.97. The van der Waals surface area contributed by atoms with E-state index in [0.29, 0.717) is 0 Å². The third-order valence-corrected chi connectivity index (χ3v) is 5.47. The van der Waals surface area contributed by atoms with Crippen molar-refractivity contribution in [3.05, 3.63) is 107 Å². The van der Waals surface area contributed by atoms with Crippen LogP contribution in [0.4, 0.5) is 8.78 Å². The Morgan fingerprint density at radius 2 is 1.06 bits per heavy atom. The van der Waals surface area contributed by atoms with E-state index >= 15 is 0 Å². The van der Waals surface area contributed by atoms with E-state index < -0.39 is 17.5 Å². The second kappa shape index (κ2) is 9.09. The number of benzene rings is 3. The van der Waals surface area contributed by atoms with Crippen LogP contribution >= 0.6 is 0 Å². The van der Waals surface area contributed by atoms with Crippen molar-refractivity contribution in [2.45, 2.75) is 0 Å². The van der Waals surface area contributed by atoms with Gasteiger partial charge in [0, 0.05) is 37.3 Å². The molecule has 2 amide bonds. The normalized spacial score (nSPS) is 13.7. The van der Waals surface area contributed by atoms with Crippen molar-refractivity contribution in [3.8, 4) is 0 Å². The van der Waals surface area contributed by atoms with Crippen molar-refractivity contribution in [2.75, 3.05) is 26.2 Å². The van der Waals surface area contributed by atoms with Gasteiger partial charge >= 0.3 is 0 Å². The molecule has 4 rings (SSSR count). The molecule has 0 atom stereocenters. The van der Waals surface area contributed by atoms with Crippen LogP contribution in [-0.2, 0) is 0 Å². The van der Waals surface area contributed by atoms with Crippen molar-refractivity contribution in [2.24, 2.45) is 0 Å². The van der Waals surface area contributed by atoms with Gasteiger partial charge in [-0.2, -0.15) is 0 Å². The van der Waals surface area contributed by atoms with E-state index in [1.165, 1.54) is 47.4 Å². The predicted molar refractivity (Wildman–Crippen MR) is 114 cm³/mol. The molecule has 0 spiro atoms. The highest BCUT2D eigenvalue weighted by atomic mass is 19.1. The minimum atomic E-state index is -0.579. The van der Waals surface area contributed by atoms with E-state index in [-0.39, 0.29) is 60.1 Å². The van der Waals surface area contributed by atoms with Gasteiger partial charge in [0.2, 0.25) is 0 Å². The maximum Gasteiger partial charge on any atom is 0.256 e. The van der Waals surface area contributed by atoms with Crippen LogP contribution < -0.4 is 0 Å².